The minimum atomic E-state index is -0.330. The number of aromatic nitrogens is 1. The van der Waals surface area contributed by atoms with Gasteiger partial charge in [-0.25, -0.2) is 4.98 Å². The third-order valence-corrected chi connectivity index (χ3v) is 9.50. The number of ether oxygens (including phenoxy) is 1. The number of likely N-dealkylation sites (tertiary alicyclic amines) is 1. The number of carbonyl (C=O) groups is 1. The molecule has 10 nitrogen and oxygen atoms in total. The van der Waals surface area contributed by atoms with E-state index < -0.39 is 0 Å². The number of fused-ring (bicyclic) bond motifs is 2. The molecule has 0 unspecified atom stereocenters. The molecule has 1 amide bonds. The van der Waals surface area contributed by atoms with Crippen LogP contribution in [0.2, 0.25) is 0 Å². The smallest absolute Gasteiger partial charge is 0.246 e. The topological polar surface area (TPSA) is 120 Å². The summed E-state index contributed by atoms with van der Waals surface area (Å²) in [5, 5.41) is 32.7. The lowest BCUT2D eigenvalue weighted by Crippen LogP contribution is -2.55. The van der Waals surface area contributed by atoms with E-state index in [4.69, 9.17) is 9.72 Å². The number of aryl methyl sites for hydroxylation is 1. The average Bonchev–Trinajstić information content (AvgIpc) is 3.47. The normalized spacial score (nSPS) is 20.6. The van der Waals surface area contributed by atoms with E-state index in [0.717, 1.165) is 42.1 Å². The molecular weight excluding hydrogens is 578 g/mol. The van der Waals surface area contributed by atoms with Crippen molar-refractivity contribution >= 4 is 28.1 Å². The predicted octanol–water partition coefficient (Wildman–Crippen LogP) is 3.93. The van der Waals surface area contributed by atoms with Crippen molar-refractivity contribution in [3.8, 4) is 18.0 Å². The zero-order chi connectivity index (χ0) is 32.4. The summed E-state index contributed by atoms with van der Waals surface area (Å²) in [5.74, 6) is 0.115. The molecule has 2 fully saturated rings. The molecule has 3 aromatic rings. The second-order valence-corrected chi connectivity index (χ2v) is 12.6. The summed E-state index contributed by atoms with van der Waals surface area (Å²) in [7, 11) is 0. The van der Waals surface area contributed by atoms with E-state index in [-0.39, 0.29) is 30.6 Å². The van der Waals surface area contributed by atoms with E-state index in [1.807, 2.05) is 6.92 Å². The van der Waals surface area contributed by atoms with Gasteiger partial charge in [0.05, 0.1) is 42.6 Å². The molecule has 3 aliphatic rings. The lowest BCUT2D eigenvalue weighted by atomic mass is 9.95. The number of anilines is 2. The molecule has 3 aliphatic heterocycles. The fraction of sp³-hybridized carbons (Fsp3) is 0.444. The van der Waals surface area contributed by atoms with Crippen molar-refractivity contribution in [2.75, 3.05) is 55.6 Å². The maximum atomic E-state index is 12.6. The van der Waals surface area contributed by atoms with Gasteiger partial charge in [-0.05, 0) is 49.8 Å². The summed E-state index contributed by atoms with van der Waals surface area (Å²) in [5.41, 5.74) is 5.45. The van der Waals surface area contributed by atoms with Crippen LogP contribution in [0.5, 0.6) is 5.88 Å². The molecule has 2 aromatic carbocycles. The highest BCUT2D eigenvalue weighted by Crippen LogP contribution is 2.40. The van der Waals surface area contributed by atoms with Gasteiger partial charge in [0.25, 0.3) is 0 Å². The van der Waals surface area contributed by atoms with E-state index in [1.54, 1.807) is 4.90 Å². The van der Waals surface area contributed by atoms with E-state index >= 15 is 0 Å². The molecule has 3 atom stereocenters. The van der Waals surface area contributed by atoms with Crippen LogP contribution in [-0.4, -0.2) is 89.9 Å². The number of aliphatic hydroxyl groups excluding tert-OH is 1. The first-order valence-corrected chi connectivity index (χ1v) is 16.1. The fourth-order valence-electron chi connectivity index (χ4n) is 7.36. The molecule has 0 spiro atoms. The van der Waals surface area contributed by atoms with Gasteiger partial charge in [0.15, 0.2) is 0 Å². The molecule has 238 valence electrons. The van der Waals surface area contributed by atoms with Crippen molar-refractivity contribution in [1.29, 1.82) is 10.5 Å². The molecule has 0 bridgehead atoms. The fourth-order valence-corrected chi connectivity index (χ4v) is 7.36. The first kappa shape index (κ1) is 31.3. The maximum Gasteiger partial charge on any atom is 0.246 e. The Labute approximate surface area is 270 Å². The first-order valence-electron chi connectivity index (χ1n) is 16.1. The van der Waals surface area contributed by atoms with Gasteiger partial charge in [0.2, 0.25) is 11.8 Å². The van der Waals surface area contributed by atoms with Crippen LogP contribution in [0.4, 0.5) is 11.4 Å². The van der Waals surface area contributed by atoms with Crippen LogP contribution in [0.1, 0.15) is 42.1 Å². The average molecular weight is 620 g/mol. The van der Waals surface area contributed by atoms with Crippen LogP contribution < -0.4 is 14.5 Å². The van der Waals surface area contributed by atoms with Crippen molar-refractivity contribution in [1.82, 2.24) is 14.8 Å². The highest BCUT2D eigenvalue weighted by atomic mass is 16.5. The summed E-state index contributed by atoms with van der Waals surface area (Å²) < 4.78 is 6.48. The molecule has 0 aliphatic carbocycles. The summed E-state index contributed by atoms with van der Waals surface area (Å²) in [4.78, 5) is 26.1. The number of carbonyl (C=O) groups excluding carboxylic acids is 1. The second kappa shape index (κ2) is 13.4. The van der Waals surface area contributed by atoms with Crippen LogP contribution in [0, 0.1) is 29.6 Å². The number of hydrogen-bond acceptors (Lipinski definition) is 9. The van der Waals surface area contributed by atoms with Crippen LogP contribution in [-0.2, 0) is 17.8 Å². The largest absolute Gasteiger partial charge is 0.472 e. The number of β-amino-alcohol motifs (C(OH)–C–C–N with tert-alkyl or cyclic N) is 1. The minimum absolute atomic E-state index is 0.182. The molecule has 0 radical (unpaired) electrons. The molecule has 2 saturated heterocycles. The summed E-state index contributed by atoms with van der Waals surface area (Å²) in [6, 6.07) is 17.1. The van der Waals surface area contributed by atoms with Crippen LogP contribution >= 0.6 is 0 Å². The quantitative estimate of drug-likeness (QED) is 0.374. The zero-order valence-electron chi connectivity index (χ0n) is 26.7. The lowest BCUT2D eigenvalue weighted by Gasteiger charge is -2.43. The monoisotopic (exact) mass is 619 g/mol. The number of piperazine rings is 1. The first-order chi connectivity index (χ1) is 22.3. The van der Waals surface area contributed by atoms with E-state index in [0.29, 0.717) is 57.1 Å². The van der Waals surface area contributed by atoms with Crippen molar-refractivity contribution in [2.45, 2.75) is 57.9 Å². The Hall–Kier alpha value is -4.64. The van der Waals surface area contributed by atoms with Crippen molar-refractivity contribution in [2.24, 2.45) is 0 Å². The van der Waals surface area contributed by atoms with Crippen molar-refractivity contribution in [3.63, 3.8) is 0 Å². The van der Waals surface area contributed by atoms with Gasteiger partial charge in [-0.1, -0.05) is 36.9 Å². The van der Waals surface area contributed by atoms with E-state index in [9.17, 15) is 20.4 Å². The summed E-state index contributed by atoms with van der Waals surface area (Å²) in [6.45, 7) is 12.5. The summed E-state index contributed by atoms with van der Waals surface area (Å²) in [6.07, 6.45) is 2.32. The van der Waals surface area contributed by atoms with Gasteiger partial charge >= 0.3 is 0 Å². The maximum absolute atomic E-state index is 12.6. The van der Waals surface area contributed by atoms with Gasteiger partial charge in [-0.15, -0.1) is 0 Å². The number of rotatable bonds is 8. The minimum Gasteiger partial charge on any atom is -0.472 e. The standard InChI is InChI=1S/C36H41N7O3/c1-4-33(45)43-18-17-42(21-27(43)11-14-37)35-29-13-16-41(32-10-6-9-26-8-5-7-24(2)34(26)32)23-31(29)39-36(30(35)19-38)46-25(3)20-40-15-12-28(44)22-40/h4-10,25,27-28,44H,1,11-13,15-18,20-23H2,2-3H3/t25-,27+,28+/m1/s1. The Bertz CT molecular complexity index is 1720. The molecule has 46 heavy (non-hydrogen) atoms. The van der Waals surface area contributed by atoms with Gasteiger partial charge in [-0.3, -0.25) is 9.69 Å². The molecule has 0 saturated carbocycles. The van der Waals surface area contributed by atoms with Crippen LogP contribution in [0.3, 0.4) is 0 Å². The molecular formula is C36H41N7O3. The van der Waals surface area contributed by atoms with Crippen molar-refractivity contribution < 1.29 is 14.6 Å². The molecule has 4 heterocycles. The highest BCUT2D eigenvalue weighted by molar-refractivity contribution is 5.97. The molecule has 6 rings (SSSR count). The van der Waals surface area contributed by atoms with Gasteiger partial charge in [-0.2, -0.15) is 10.5 Å². The Kier molecular flexibility index (Phi) is 9.12. The molecule has 10 heteroatoms. The van der Waals surface area contributed by atoms with Crippen LogP contribution in [0.25, 0.3) is 10.8 Å². The Morgan fingerprint density at radius 1 is 1.15 bits per heavy atom. The van der Waals surface area contributed by atoms with Crippen LogP contribution in [0.15, 0.2) is 49.1 Å². The Morgan fingerprint density at radius 3 is 2.67 bits per heavy atom. The Morgan fingerprint density at radius 2 is 1.96 bits per heavy atom. The Balaban J connectivity index is 1.39. The highest BCUT2D eigenvalue weighted by Gasteiger charge is 2.35. The number of nitrogens with zero attached hydrogens (tertiary/aromatic N) is 7. The molecule has 1 aromatic heterocycles. The second-order valence-electron chi connectivity index (χ2n) is 12.6. The summed E-state index contributed by atoms with van der Waals surface area (Å²) >= 11 is 0. The van der Waals surface area contributed by atoms with E-state index in [2.05, 4.69) is 76.7 Å². The number of nitriles is 2. The van der Waals surface area contributed by atoms with Crippen molar-refractivity contribution in [3.05, 3.63) is 71.4 Å². The number of amides is 1. The van der Waals surface area contributed by atoms with Gasteiger partial charge in [0, 0.05) is 62.5 Å². The predicted molar refractivity (Wildman–Crippen MR) is 178 cm³/mol. The number of benzene rings is 2. The lowest BCUT2D eigenvalue weighted by molar-refractivity contribution is -0.128. The SMILES string of the molecule is C=CC(=O)N1CCN(c2c(C#N)c(O[C@H](C)CN3CC[C@H](O)C3)nc3c2CCN(c2cccc4cccc(C)c24)C3)C[C@@H]1CC#N. The third-order valence-electron chi connectivity index (χ3n) is 9.50. The third kappa shape index (κ3) is 6.11. The zero-order valence-corrected chi connectivity index (χ0v) is 26.7. The number of pyridine rings is 1. The van der Waals surface area contributed by atoms with Gasteiger partial charge < -0.3 is 24.5 Å². The molecule has 1 N–H and O–H groups in total. The van der Waals surface area contributed by atoms with E-state index in [1.165, 1.54) is 22.4 Å². The number of aliphatic hydroxyl groups is 1. The number of hydrogen-bond donors (Lipinski definition) is 1. The van der Waals surface area contributed by atoms with Gasteiger partial charge in [0.1, 0.15) is 17.7 Å².